The van der Waals surface area contributed by atoms with E-state index in [0.717, 1.165) is 24.8 Å². The minimum Gasteiger partial charge on any atom is -0.327 e. The molecular weight excluding hydrogens is 320 g/mol. The highest BCUT2D eigenvalue weighted by Crippen LogP contribution is 2.25. The number of anilines is 1. The molecule has 0 saturated carbocycles. The molecule has 1 aliphatic carbocycles. The number of nitrogens with two attached hydrogens (primary N) is 1. The summed E-state index contributed by atoms with van der Waals surface area (Å²) in [7, 11) is -3.60. The van der Waals surface area contributed by atoms with Crippen LogP contribution in [0.1, 0.15) is 17.5 Å². The Bertz CT molecular complexity index is 788. The van der Waals surface area contributed by atoms with Crippen LogP contribution in [0.2, 0.25) is 5.02 Å². The molecule has 1 atom stereocenters. The lowest BCUT2D eigenvalue weighted by molar-refractivity contribution is 0.576. The smallest absolute Gasteiger partial charge is 0.261 e. The van der Waals surface area contributed by atoms with Gasteiger partial charge in [0, 0.05) is 16.8 Å². The van der Waals surface area contributed by atoms with E-state index in [1.807, 2.05) is 12.1 Å². The zero-order chi connectivity index (χ0) is 15.7. The van der Waals surface area contributed by atoms with Gasteiger partial charge < -0.3 is 5.73 Å². The Morgan fingerprint density at radius 1 is 1.09 bits per heavy atom. The van der Waals surface area contributed by atoms with E-state index in [2.05, 4.69) is 4.72 Å². The van der Waals surface area contributed by atoms with Crippen LogP contribution in [0.25, 0.3) is 0 Å². The average Bonchev–Trinajstić information content (AvgIpc) is 2.47. The first-order chi connectivity index (χ1) is 10.4. The van der Waals surface area contributed by atoms with Gasteiger partial charge in [-0.2, -0.15) is 0 Å². The molecule has 6 heteroatoms. The van der Waals surface area contributed by atoms with Crippen LogP contribution in [-0.4, -0.2) is 14.5 Å². The number of hydrogen-bond acceptors (Lipinski definition) is 3. The van der Waals surface area contributed by atoms with E-state index >= 15 is 0 Å². The second-order valence-electron chi connectivity index (χ2n) is 5.55. The van der Waals surface area contributed by atoms with E-state index in [0.29, 0.717) is 10.7 Å². The monoisotopic (exact) mass is 336 g/mol. The molecule has 0 amide bonds. The van der Waals surface area contributed by atoms with Crippen molar-refractivity contribution in [3.8, 4) is 0 Å². The molecule has 0 bridgehead atoms. The number of hydrogen-bond donors (Lipinski definition) is 2. The molecule has 0 spiro atoms. The molecule has 0 fully saturated rings. The second-order valence-corrected chi connectivity index (χ2v) is 7.66. The Labute approximate surface area is 135 Å². The molecule has 0 aromatic heterocycles. The summed E-state index contributed by atoms with van der Waals surface area (Å²) in [5, 5.41) is 0.504. The standard InChI is InChI=1S/C16H17ClN2O2S/c17-13-3-7-16(8-4-13)22(20,21)19-15-6-2-11-9-14(18)5-1-12(11)10-15/h2-4,6-8,10,14,19H,1,5,9,18H2. The molecule has 116 valence electrons. The van der Waals surface area contributed by atoms with Gasteiger partial charge in [0.1, 0.15) is 0 Å². The molecule has 2 aromatic rings. The fourth-order valence-electron chi connectivity index (χ4n) is 2.67. The highest BCUT2D eigenvalue weighted by atomic mass is 35.5. The molecule has 22 heavy (non-hydrogen) atoms. The van der Waals surface area contributed by atoms with Gasteiger partial charge in [0.2, 0.25) is 0 Å². The molecule has 3 N–H and O–H groups in total. The number of halogens is 1. The summed E-state index contributed by atoms with van der Waals surface area (Å²) in [5.74, 6) is 0. The molecule has 0 heterocycles. The molecule has 2 aromatic carbocycles. The van der Waals surface area contributed by atoms with Gasteiger partial charge in [0.15, 0.2) is 0 Å². The van der Waals surface area contributed by atoms with Crippen molar-refractivity contribution in [3.05, 3.63) is 58.6 Å². The zero-order valence-corrected chi connectivity index (χ0v) is 13.5. The van der Waals surface area contributed by atoms with Gasteiger partial charge >= 0.3 is 0 Å². The van der Waals surface area contributed by atoms with E-state index in [-0.39, 0.29) is 10.9 Å². The Morgan fingerprint density at radius 2 is 1.82 bits per heavy atom. The van der Waals surface area contributed by atoms with Gasteiger partial charge in [-0.15, -0.1) is 0 Å². The van der Waals surface area contributed by atoms with Crippen LogP contribution in [0.5, 0.6) is 0 Å². The third kappa shape index (κ3) is 3.27. The van der Waals surface area contributed by atoms with Crippen molar-refractivity contribution in [2.24, 2.45) is 5.73 Å². The van der Waals surface area contributed by atoms with Gasteiger partial charge in [0.25, 0.3) is 10.0 Å². The first-order valence-corrected chi connectivity index (χ1v) is 8.96. The van der Waals surface area contributed by atoms with Crippen molar-refractivity contribution in [1.29, 1.82) is 0 Å². The number of nitrogens with one attached hydrogen (secondary N) is 1. The predicted molar refractivity (Wildman–Crippen MR) is 88.7 cm³/mol. The molecule has 0 aliphatic heterocycles. The maximum absolute atomic E-state index is 12.4. The van der Waals surface area contributed by atoms with Crippen LogP contribution < -0.4 is 10.5 Å². The van der Waals surface area contributed by atoms with E-state index in [4.69, 9.17) is 17.3 Å². The Morgan fingerprint density at radius 3 is 2.55 bits per heavy atom. The average molecular weight is 337 g/mol. The van der Waals surface area contributed by atoms with Crippen molar-refractivity contribution < 1.29 is 8.42 Å². The fourth-order valence-corrected chi connectivity index (χ4v) is 3.85. The van der Waals surface area contributed by atoms with E-state index in [9.17, 15) is 8.42 Å². The first-order valence-electron chi connectivity index (χ1n) is 7.10. The van der Waals surface area contributed by atoms with Crippen LogP contribution >= 0.6 is 11.6 Å². The third-order valence-corrected chi connectivity index (χ3v) is 5.50. The predicted octanol–water partition coefficient (Wildman–Crippen LogP) is 2.96. The Kier molecular flexibility index (Phi) is 4.12. The minimum atomic E-state index is -3.60. The van der Waals surface area contributed by atoms with Crippen molar-refractivity contribution in [3.63, 3.8) is 0 Å². The topological polar surface area (TPSA) is 72.2 Å². The summed E-state index contributed by atoms with van der Waals surface area (Å²) < 4.78 is 27.3. The number of sulfonamides is 1. The molecule has 1 unspecified atom stereocenters. The lowest BCUT2D eigenvalue weighted by atomic mass is 9.88. The zero-order valence-electron chi connectivity index (χ0n) is 11.9. The highest BCUT2D eigenvalue weighted by Gasteiger charge is 2.18. The van der Waals surface area contributed by atoms with Crippen molar-refractivity contribution >= 4 is 27.3 Å². The molecule has 3 rings (SSSR count). The van der Waals surface area contributed by atoms with Gasteiger partial charge in [-0.3, -0.25) is 4.72 Å². The SMILES string of the molecule is NC1CCc2cc(NS(=O)(=O)c3ccc(Cl)cc3)ccc2C1. The van der Waals surface area contributed by atoms with Crippen LogP contribution in [0, 0.1) is 0 Å². The van der Waals surface area contributed by atoms with Crippen molar-refractivity contribution in [2.75, 3.05) is 4.72 Å². The lowest BCUT2D eigenvalue weighted by Gasteiger charge is -2.22. The Balaban J connectivity index is 1.85. The van der Waals surface area contributed by atoms with E-state index < -0.39 is 10.0 Å². The van der Waals surface area contributed by atoms with E-state index in [1.165, 1.54) is 17.7 Å². The van der Waals surface area contributed by atoms with Gasteiger partial charge in [0.05, 0.1) is 4.90 Å². The molecular formula is C16H17ClN2O2S. The number of rotatable bonds is 3. The lowest BCUT2D eigenvalue weighted by Crippen LogP contribution is -2.27. The quantitative estimate of drug-likeness (QED) is 0.905. The fraction of sp³-hybridized carbons (Fsp3) is 0.250. The maximum Gasteiger partial charge on any atom is 0.261 e. The summed E-state index contributed by atoms with van der Waals surface area (Å²) in [5.41, 5.74) is 8.90. The largest absolute Gasteiger partial charge is 0.327 e. The van der Waals surface area contributed by atoms with Crippen molar-refractivity contribution in [1.82, 2.24) is 0 Å². The maximum atomic E-state index is 12.4. The van der Waals surface area contributed by atoms with Crippen LogP contribution in [0.3, 0.4) is 0 Å². The van der Waals surface area contributed by atoms with Crippen molar-refractivity contribution in [2.45, 2.75) is 30.2 Å². The van der Waals surface area contributed by atoms with Crippen LogP contribution in [-0.2, 0) is 22.9 Å². The van der Waals surface area contributed by atoms with E-state index in [1.54, 1.807) is 18.2 Å². The number of aryl methyl sites for hydroxylation is 1. The van der Waals surface area contributed by atoms with Crippen LogP contribution in [0.15, 0.2) is 47.4 Å². The van der Waals surface area contributed by atoms with Gasteiger partial charge in [-0.05, 0) is 66.8 Å². The van der Waals surface area contributed by atoms with Gasteiger partial charge in [-0.25, -0.2) is 8.42 Å². The first kappa shape index (κ1) is 15.3. The normalized spacial score (nSPS) is 17.8. The molecule has 0 radical (unpaired) electrons. The molecule has 0 saturated heterocycles. The van der Waals surface area contributed by atoms with Crippen LogP contribution in [0.4, 0.5) is 5.69 Å². The number of fused-ring (bicyclic) bond motifs is 1. The molecule has 4 nitrogen and oxygen atoms in total. The third-order valence-electron chi connectivity index (χ3n) is 3.85. The van der Waals surface area contributed by atoms with Gasteiger partial charge in [-0.1, -0.05) is 17.7 Å². The summed E-state index contributed by atoms with van der Waals surface area (Å²) in [6.45, 7) is 0. The summed E-state index contributed by atoms with van der Waals surface area (Å²) in [6.07, 6.45) is 2.66. The Hall–Kier alpha value is -1.56. The number of benzene rings is 2. The summed E-state index contributed by atoms with van der Waals surface area (Å²) in [4.78, 5) is 0.191. The highest BCUT2D eigenvalue weighted by molar-refractivity contribution is 7.92. The molecule has 1 aliphatic rings. The summed E-state index contributed by atoms with van der Waals surface area (Å²) >= 11 is 5.79. The second kappa shape index (κ2) is 5.91. The minimum absolute atomic E-state index is 0.191. The summed E-state index contributed by atoms with van der Waals surface area (Å²) in [6, 6.07) is 11.9.